The molecule has 0 bridgehead atoms. The molecule has 3 rings (SSSR count). The molecule has 0 saturated carbocycles. The largest absolute Gasteiger partial charge is 0.494 e. The van der Waals surface area contributed by atoms with Crippen LogP contribution in [-0.2, 0) is 16.0 Å². The van der Waals surface area contributed by atoms with E-state index in [0.717, 1.165) is 24.2 Å². The highest BCUT2D eigenvalue weighted by Gasteiger charge is 2.18. The first-order valence-corrected chi connectivity index (χ1v) is 13.9. The van der Waals surface area contributed by atoms with Crippen molar-refractivity contribution in [3.05, 3.63) is 88.4 Å². The number of carboxylic acids is 1. The van der Waals surface area contributed by atoms with Gasteiger partial charge in [-0.15, -0.1) is 0 Å². The maximum atomic E-state index is 13.1. The topological polar surface area (TPSA) is 97.3 Å². The van der Waals surface area contributed by atoms with E-state index in [9.17, 15) is 14.7 Å². The van der Waals surface area contributed by atoms with E-state index >= 15 is 0 Å². The van der Waals surface area contributed by atoms with Gasteiger partial charge in [0, 0.05) is 24.6 Å². The first-order valence-electron chi connectivity index (χ1n) is 13.1. The fraction of sp³-hybridized carbons (Fsp3) is 0.333. The third-order valence-electron chi connectivity index (χ3n) is 5.91. The van der Waals surface area contributed by atoms with Gasteiger partial charge in [-0.1, -0.05) is 53.5 Å². The minimum absolute atomic E-state index is 0.262. The van der Waals surface area contributed by atoms with Crippen LogP contribution >= 0.6 is 23.2 Å². The SMILES string of the molecule is CCOC(Cc1ccc(OCCN(CCCCOc2ccccc2)C(=O)Nc2ccc(Cl)cc2Cl)cc1)C(=O)O. The standard InChI is InChI=1S/C30H34Cl2N2O6/c1-2-38-28(29(35)36)20-22-10-13-25(14-11-22)40-19-17-34(16-6-7-18-39-24-8-4-3-5-9-24)30(37)33-27-15-12-23(31)21-26(27)32/h3-5,8-15,21,28H,2,6-7,16-20H2,1H3,(H,33,37)(H,35,36). The Labute approximate surface area is 244 Å². The van der Waals surface area contributed by atoms with Gasteiger partial charge < -0.3 is 29.5 Å². The molecule has 0 spiro atoms. The van der Waals surface area contributed by atoms with Gasteiger partial charge in [0.05, 0.1) is 23.9 Å². The Bertz CT molecular complexity index is 1210. The van der Waals surface area contributed by atoms with E-state index in [1.807, 2.05) is 42.5 Å². The minimum atomic E-state index is -0.993. The Morgan fingerprint density at radius 2 is 1.60 bits per heavy atom. The predicted octanol–water partition coefficient (Wildman–Crippen LogP) is 6.80. The number of hydrogen-bond acceptors (Lipinski definition) is 5. The molecule has 0 aliphatic rings. The lowest BCUT2D eigenvalue weighted by Gasteiger charge is -2.24. The number of benzene rings is 3. The van der Waals surface area contributed by atoms with Crippen LogP contribution in [0.15, 0.2) is 72.8 Å². The number of carbonyl (C=O) groups excluding carboxylic acids is 1. The summed E-state index contributed by atoms with van der Waals surface area (Å²) < 4.78 is 16.9. The Balaban J connectivity index is 1.53. The van der Waals surface area contributed by atoms with E-state index in [-0.39, 0.29) is 19.1 Å². The van der Waals surface area contributed by atoms with Crippen molar-refractivity contribution in [2.75, 3.05) is 38.2 Å². The number of aliphatic carboxylic acids is 1. The second kappa shape index (κ2) is 16.6. The number of amides is 2. The average Bonchev–Trinajstić information content (AvgIpc) is 2.94. The number of anilines is 1. The highest BCUT2D eigenvalue weighted by atomic mass is 35.5. The summed E-state index contributed by atoms with van der Waals surface area (Å²) in [7, 11) is 0. The normalized spacial score (nSPS) is 11.5. The van der Waals surface area contributed by atoms with Crippen LogP contribution in [0.3, 0.4) is 0 Å². The third-order valence-corrected chi connectivity index (χ3v) is 6.46. The van der Waals surface area contributed by atoms with E-state index in [0.29, 0.717) is 47.8 Å². The van der Waals surface area contributed by atoms with Crippen LogP contribution in [0.25, 0.3) is 0 Å². The molecule has 0 aliphatic heterocycles. The molecular formula is C30H34Cl2N2O6. The van der Waals surface area contributed by atoms with Gasteiger partial charge in [0.1, 0.15) is 18.1 Å². The highest BCUT2D eigenvalue weighted by Crippen LogP contribution is 2.25. The molecule has 8 nitrogen and oxygen atoms in total. The molecule has 0 aliphatic carbocycles. The van der Waals surface area contributed by atoms with E-state index in [1.165, 1.54) is 0 Å². The third kappa shape index (κ3) is 10.6. The number of ether oxygens (including phenoxy) is 3. The highest BCUT2D eigenvalue weighted by molar-refractivity contribution is 6.36. The smallest absolute Gasteiger partial charge is 0.333 e. The van der Waals surface area contributed by atoms with Gasteiger partial charge in [-0.3, -0.25) is 0 Å². The number of hydrogen-bond donors (Lipinski definition) is 2. The number of carbonyl (C=O) groups is 2. The molecule has 1 atom stereocenters. The van der Waals surface area contributed by atoms with Crippen LogP contribution in [0.5, 0.6) is 11.5 Å². The number of unbranched alkanes of at least 4 members (excludes halogenated alkanes) is 1. The maximum Gasteiger partial charge on any atom is 0.333 e. The molecule has 0 heterocycles. The van der Waals surface area contributed by atoms with Gasteiger partial charge in [0.2, 0.25) is 0 Å². The Kier molecular flexibility index (Phi) is 12.9. The van der Waals surface area contributed by atoms with Crippen molar-refractivity contribution in [2.24, 2.45) is 0 Å². The molecule has 0 fully saturated rings. The summed E-state index contributed by atoms with van der Waals surface area (Å²) in [4.78, 5) is 26.1. The van der Waals surface area contributed by atoms with E-state index < -0.39 is 12.1 Å². The van der Waals surface area contributed by atoms with Crippen molar-refractivity contribution in [1.29, 1.82) is 0 Å². The van der Waals surface area contributed by atoms with Crippen molar-refractivity contribution >= 4 is 40.9 Å². The van der Waals surface area contributed by atoms with Crippen LogP contribution in [0.2, 0.25) is 10.0 Å². The van der Waals surface area contributed by atoms with Crippen LogP contribution in [0.4, 0.5) is 10.5 Å². The number of halogens is 2. The average molecular weight is 590 g/mol. The number of urea groups is 1. The molecule has 40 heavy (non-hydrogen) atoms. The molecule has 1 unspecified atom stereocenters. The predicted molar refractivity (Wildman–Crippen MR) is 157 cm³/mol. The second-order valence-corrected chi connectivity index (χ2v) is 9.73. The lowest BCUT2D eigenvalue weighted by Crippen LogP contribution is -2.38. The number of rotatable bonds is 16. The van der Waals surface area contributed by atoms with Crippen molar-refractivity contribution in [1.82, 2.24) is 4.90 Å². The molecule has 214 valence electrons. The van der Waals surface area contributed by atoms with Crippen molar-refractivity contribution in [2.45, 2.75) is 32.3 Å². The van der Waals surface area contributed by atoms with Gasteiger partial charge in [-0.25, -0.2) is 9.59 Å². The van der Waals surface area contributed by atoms with Crippen molar-refractivity contribution in [3.8, 4) is 11.5 Å². The van der Waals surface area contributed by atoms with E-state index in [4.69, 9.17) is 37.4 Å². The van der Waals surface area contributed by atoms with E-state index in [1.54, 1.807) is 42.2 Å². The summed E-state index contributed by atoms with van der Waals surface area (Å²) in [5.41, 5.74) is 1.29. The maximum absolute atomic E-state index is 13.1. The van der Waals surface area contributed by atoms with Crippen LogP contribution < -0.4 is 14.8 Å². The monoisotopic (exact) mass is 588 g/mol. The summed E-state index contributed by atoms with van der Waals surface area (Å²) in [5.74, 6) is 0.432. The zero-order chi connectivity index (χ0) is 28.7. The Morgan fingerprint density at radius 3 is 2.27 bits per heavy atom. The summed E-state index contributed by atoms with van der Waals surface area (Å²) in [6.07, 6.45) is 0.866. The Hall–Kier alpha value is -3.46. The zero-order valence-corrected chi connectivity index (χ0v) is 23.9. The van der Waals surface area contributed by atoms with Gasteiger partial charge in [0.15, 0.2) is 6.10 Å². The molecular weight excluding hydrogens is 555 g/mol. The first-order chi connectivity index (χ1) is 19.4. The quantitative estimate of drug-likeness (QED) is 0.179. The summed E-state index contributed by atoms with van der Waals surface area (Å²) >= 11 is 12.2. The van der Waals surface area contributed by atoms with E-state index in [2.05, 4.69) is 5.32 Å². The van der Waals surface area contributed by atoms with Gasteiger partial charge in [0.25, 0.3) is 0 Å². The lowest BCUT2D eigenvalue weighted by atomic mass is 10.1. The molecule has 3 aromatic carbocycles. The summed E-state index contributed by atoms with van der Waals surface area (Å²) in [5, 5.41) is 13.0. The minimum Gasteiger partial charge on any atom is -0.494 e. The van der Waals surface area contributed by atoms with Crippen molar-refractivity contribution < 1.29 is 28.9 Å². The van der Waals surface area contributed by atoms with Crippen LogP contribution in [-0.4, -0.2) is 61.0 Å². The molecule has 2 amide bonds. The second-order valence-electron chi connectivity index (χ2n) is 8.89. The number of nitrogens with one attached hydrogen (secondary N) is 1. The lowest BCUT2D eigenvalue weighted by molar-refractivity contribution is -0.149. The first kappa shape index (κ1) is 31.1. The number of nitrogens with zero attached hydrogens (tertiary/aromatic N) is 1. The fourth-order valence-corrected chi connectivity index (χ4v) is 4.30. The van der Waals surface area contributed by atoms with Crippen LogP contribution in [0.1, 0.15) is 25.3 Å². The molecule has 10 heteroatoms. The molecule has 2 N–H and O–H groups in total. The van der Waals surface area contributed by atoms with Crippen molar-refractivity contribution in [3.63, 3.8) is 0 Å². The van der Waals surface area contributed by atoms with Crippen LogP contribution in [0, 0.1) is 0 Å². The summed E-state index contributed by atoms with van der Waals surface area (Å²) in [6.45, 7) is 3.72. The summed E-state index contributed by atoms with van der Waals surface area (Å²) in [6, 6.07) is 21.4. The number of para-hydroxylation sites is 1. The molecule has 0 saturated heterocycles. The molecule has 0 aromatic heterocycles. The fourth-order valence-electron chi connectivity index (χ4n) is 3.84. The molecule has 3 aromatic rings. The van der Waals surface area contributed by atoms with Gasteiger partial charge >= 0.3 is 12.0 Å². The van der Waals surface area contributed by atoms with Gasteiger partial charge in [-0.05, 0) is 67.8 Å². The van der Waals surface area contributed by atoms with Gasteiger partial charge in [-0.2, -0.15) is 0 Å². The zero-order valence-electron chi connectivity index (χ0n) is 22.4. The Morgan fingerprint density at radius 1 is 0.900 bits per heavy atom. The molecule has 0 radical (unpaired) electrons. The number of carboxylic acid groups (broad SMARTS) is 1.